The van der Waals surface area contributed by atoms with Gasteiger partial charge in [0.1, 0.15) is 11.3 Å². The van der Waals surface area contributed by atoms with E-state index >= 15 is 0 Å². The molecule has 1 amide bonds. The van der Waals surface area contributed by atoms with Crippen molar-refractivity contribution in [1.82, 2.24) is 4.90 Å². The summed E-state index contributed by atoms with van der Waals surface area (Å²) >= 11 is 0. The fourth-order valence-electron chi connectivity index (χ4n) is 3.62. The zero-order valence-electron chi connectivity index (χ0n) is 19.0. The maximum atomic E-state index is 12.5. The second-order valence-corrected chi connectivity index (χ2v) is 8.04. The van der Waals surface area contributed by atoms with Crippen molar-refractivity contribution in [3.05, 3.63) is 72.7 Å². The Balaban J connectivity index is 0.000000257. The maximum Gasteiger partial charge on any atom is 0.338 e. The standard InChI is InChI=1S/C14H18N2O4.C9H9NO3/c1-9-6-12(13(16(19)20)7-10(9)2)14(18)15-5-3-4-11(15)8-17;1-5-3-7(9(11)12)8(10-13)4-6(5)2/h6-7,11,17H,3-5,8H2,1-2H3;3-4H,1-2H3,(H,11,12)/t11-;/m0./s1. The molecule has 0 aliphatic carbocycles. The van der Waals surface area contributed by atoms with Crippen LogP contribution in [-0.2, 0) is 0 Å². The fraction of sp³-hybridized carbons (Fsp3) is 0.391. The average Bonchev–Trinajstić information content (AvgIpc) is 3.25. The number of likely N-dealkylation sites (tertiary alicyclic amines) is 1. The van der Waals surface area contributed by atoms with Crippen LogP contribution in [0.4, 0.5) is 11.4 Å². The van der Waals surface area contributed by atoms with Gasteiger partial charge in [0, 0.05) is 12.6 Å². The van der Waals surface area contributed by atoms with Gasteiger partial charge in [-0.15, -0.1) is 4.91 Å². The van der Waals surface area contributed by atoms with Gasteiger partial charge in [-0.1, -0.05) is 0 Å². The van der Waals surface area contributed by atoms with E-state index in [1.807, 2.05) is 6.92 Å². The van der Waals surface area contributed by atoms with Crippen LogP contribution in [0, 0.1) is 42.7 Å². The highest BCUT2D eigenvalue weighted by atomic mass is 16.6. The van der Waals surface area contributed by atoms with Crippen molar-refractivity contribution in [3.8, 4) is 0 Å². The third-order valence-corrected chi connectivity index (χ3v) is 5.83. The number of aromatic carboxylic acids is 1. The van der Waals surface area contributed by atoms with Crippen LogP contribution < -0.4 is 0 Å². The third kappa shape index (κ3) is 5.78. The van der Waals surface area contributed by atoms with E-state index in [1.165, 1.54) is 23.1 Å². The van der Waals surface area contributed by atoms with Gasteiger partial charge in [0.15, 0.2) is 0 Å². The van der Waals surface area contributed by atoms with Gasteiger partial charge in [-0.05, 0) is 86.2 Å². The zero-order chi connectivity index (χ0) is 24.9. The van der Waals surface area contributed by atoms with Crippen molar-refractivity contribution < 1.29 is 24.7 Å². The molecule has 1 heterocycles. The second-order valence-electron chi connectivity index (χ2n) is 8.04. The van der Waals surface area contributed by atoms with Gasteiger partial charge in [0.25, 0.3) is 11.6 Å². The van der Waals surface area contributed by atoms with Crippen LogP contribution in [0.5, 0.6) is 0 Å². The summed E-state index contributed by atoms with van der Waals surface area (Å²) in [4.78, 5) is 45.6. The third-order valence-electron chi connectivity index (χ3n) is 5.83. The summed E-state index contributed by atoms with van der Waals surface area (Å²) in [7, 11) is 0. The molecular formula is C23H27N3O7. The molecule has 2 aromatic carbocycles. The SMILES string of the molecule is Cc1cc(C(=O)N2CCC[C@H]2CO)c([N+](=O)[O-])cc1C.Cc1cc(N=O)c(C(=O)O)cc1C. The number of nitro groups is 1. The zero-order valence-corrected chi connectivity index (χ0v) is 19.0. The normalized spacial score (nSPS) is 14.9. The molecule has 1 fully saturated rings. The summed E-state index contributed by atoms with van der Waals surface area (Å²) in [6.45, 7) is 7.62. The highest BCUT2D eigenvalue weighted by Crippen LogP contribution is 2.28. The first-order valence-electron chi connectivity index (χ1n) is 10.4. The van der Waals surface area contributed by atoms with Gasteiger partial charge in [-0.25, -0.2) is 4.79 Å². The number of benzene rings is 2. The number of carbonyl (C=O) groups is 2. The number of carbonyl (C=O) groups excluding carboxylic acids is 1. The molecule has 10 heteroatoms. The monoisotopic (exact) mass is 457 g/mol. The van der Waals surface area contributed by atoms with E-state index in [-0.39, 0.29) is 41.1 Å². The van der Waals surface area contributed by atoms with Gasteiger partial charge in [-0.3, -0.25) is 14.9 Å². The number of rotatable bonds is 5. The summed E-state index contributed by atoms with van der Waals surface area (Å²) in [6.07, 6.45) is 1.55. The largest absolute Gasteiger partial charge is 0.478 e. The van der Waals surface area contributed by atoms with Crippen LogP contribution >= 0.6 is 0 Å². The number of aryl methyl sites for hydroxylation is 4. The van der Waals surface area contributed by atoms with Crippen LogP contribution in [0.3, 0.4) is 0 Å². The Hall–Kier alpha value is -3.66. The molecule has 10 nitrogen and oxygen atoms in total. The molecule has 1 aliphatic heterocycles. The minimum Gasteiger partial charge on any atom is -0.478 e. The molecular weight excluding hydrogens is 430 g/mol. The summed E-state index contributed by atoms with van der Waals surface area (Å²) in [5, 5.41) is 31.8. The summed E-state index contributed by atoms with van der Waals surface area (Å²) in [6, 6.07) is 5.71. The number of amides is 1. The Morgan fingerprint density at radius 1 is 1.06 bits per heavy atom. The minimum atomic E-state index is -1.13. The molecule has 0 saturated carbocycles. The lowest BCUT2D eigenvalue weighted by Gasteiger charge is -2.23. The number of carboxylic acids is 1. The van der Waals surface area contributed by atoms with Crippen LogP contribution in [0.1, 0.15) is 55.8 Å². The first-order valence-corrected chi connectivity index (χ1v) is 10.4. The fourth-order valence-corrected chi connectivity index (χ4v) is 3.62. The molecule has 0 unspecified atom stereocenters. The predicted molar refractivity (Wildman–Crippen MR) is 122 cm³/mol. The first kappa shape index (κ1) is 25.6. The molecule has 176 valence electrons. The lowest BCUT2D eigenvalue weighted by atomic mass is 10.0. The van der Waals surface area contributed by atoms with Gasteiger partial charge in [-0.2, -0.15) is 0 Å². The molecule has 0 radical (unpaired) electrons. The van der Waals surface area contributed by atoms with Gasteiger partial charge in [0.2, 0.25) is 0 Å². The van der Waals surface area contributed by atoms with Gasteiger partial charge < -0.3 is 15.1 Å². The molecule has 33 heavy (non-hydrogen) atoms. The molecule has 0 bridgehead atoms. The number of nitrogens with zero attached hydrogens (tertiary/aromatic N) is 3. The number of carboxylic acid groups (broad SMARTS) is 1. The van der Waals surface area contributed by atoms with Crippen molar-refractivity contribution in [2.75, 3.05) is 13.2 Å². The highest BCUT2D eigenvalue weighted by molar-refractivity contribution is 5.99. The molecule has 1 aliphatic rings. The number of hydrogen-bond acceptors (Lipinski definition) is 7. The van der Waals surface area contributed by atoms with Crippen molar-refractivity contribution in [3.63, 3.8) is 0 Å². The minimum absolute atomic E-state index is 0.0180. The van der Waals surface area contributed by atoms with Crippen molar-refractivity contribution in [2.45, 2.75) is 46.6 Å². The Morgan fingerprint density at radius 2 is 1.61 bits per heavy atom. The number of aliphatic hydroxyl groups excluding tert-OH is 1. The van der Waals surface area contributed by atoms with E-state index in [2.05, 4.69) is 5.18 Å². The topological polar surface area (TPSA) is 150 Å². The molecule has 2 aromatic rings. The predicted octanol–water partition coefficient (Wildman–Crippen LogP) is 4.21. The molecule has 0 aromatic heterocycles. The van der Waals surface area contributed by atoms with E-state index in [0.717, 1.165) is 35.1 Å². The number of nitroso groups, excluding NO2 is 1. The number of hydrogen-bond donors (Lipinski definition) is 2. The van der Waals surface area contributed by atoms with Crippen LogP contribution in [0.2, 0.25) is 0 Å². The van der Waals surface area contributed by atoms with Crippen LogP contribution in [-0.4, -0.2) is 51.1 Å². The van der Waals surface area contributed by atoms with E-state index in [0.29, 0.717) is 6.54 Å². The van der Waals surface area contributed by atoms with E-state index in [9.17, 15) is 29.7 Å². The quantitative estimate of drug-likeness (QED) is 0.388. The lowest BCUT2D eigenvalue weighted by Crippen LogP contribution is -2.38. The molecule has 2 N–H and O–H groups in total. The second kappa shape index (κ2) is 10.8. The van der Waals surface area contributed by atoms with E-state index in [4.69, 9.17) is 5.11 Å². The lowest BCUT2D eigenvalue weighted by molar-refractivity contribution is -0.385. The van der Waals surface area contributed by atoms with Gasteiger partial charge >= 0.3 is 5.97 Å². The van der Waals surface area contributed by atoms with Crippen molar-refractivity contribution >= 4 is 23.3 Å². The first-order chi connectivity index (χ1) is 15.5. The van der Waals surface area contributed by atoms with Crippen molar-refractivity contribution in [1.29, 1.82) is 0 Å². The average molecular weight is 457 g/mol. The molecule has 0 spiro atoms. The van der Waals surface area contributed by atoms with E-state index in [1.54, 1.807) is 26.8 Å². The Bertz CT molecular complexity index is 1100. The smallest absolute Gasteiger partial charge is 0.338 e. The summed E-state index contributed by atoms with van der Waals surface area (Å²) < 4.78 is 0. The summed E-state index contributed by atoms with van der Waals surface area (Å²) in [5.74, 6) is -1.49. The molecule has 3 rings (SSSR count). The molecule has 1 saturated heterocycles. The molecule has 1 atom stereocenters. The van der Waals surface area contributed by atoms with Crippen LogP contribution in [0.15, 0.2) is 29.4 Å². The Kier molecular flexibility index (Phi) is 8.36. The highest BCUT2D eigenvalue weighted by Gasteiger charge is 2.32. The number of nitro benzene ring substituents is 1. The maximum absolute atomic E-state index is 12.5. The number of aliphatic hydroxyl groups is 1. The van der Waals surface area contributed by atoms with Gasteiger partial charge in [0.05, 0.1) is 23.1 Å². The summed E-state index contributed by atoms with van der Waals surface area (Å²) in [5.41, 5.74) is 3.21. The van der Waals surface area contributed by atoms with Crippen LogP contribution in [0.25, 0.3) is 0 Å². The van der Waals surface area contributed by atoms with Crippen molar-refractivity contribution in [2.24, 2.45) is 5.18 Å². The van der Waals surface area contributed by atoms with E-state index < -0.39 is 10.9 Å². The Morgan fingerprint density at radius 3 is 2.12 bits per heavy atom. The Labute approximate surface area is 191 Å².